The van der Waals surface area contributed by atoms with Gasteiger partial charge in [0, 0.05) is 4.47 Å². The molecule has 0 saturated heterocycles. The van der Waals surface area contributed by atoms with Crippen molar-refractivity contribution in [3.05, 3.63) is 34.1 Å². The lowest BCUT2D eigenvalue weighted by Crippen LogP contribution is -2.11. The quantitative estimate of drug-likeness (QED) is 0.727. The van der Waals surface area contributed by atoms with E-state index in [1.165, 1.54) is 31.7 Å². The summed E-state index contributed by atoms with van der Waals surface area (Å²) in [6.45, 7) is 0.515. The Labute approximate surface area is 110 Å². The van der Waals surface area contributed by atoms with Crippen molar-refractivity contribution in [2.45, 2.75) is 51.2 Å². The normalized spacial score (nSPS) is 18.0. The van der Waals surface area contributed by atoms with E-state index in [0.29, 0.717) is 12.7 Å². The molecule has 1 aromatic carbocycles. The molecule has 3 heteroatoms. The predicted molar refractivity (Wildman–Crippen MR) is 70.4 cm³/mol. The summed E-state index contributed by atoms with van der Waals surface area (Å²) in [4.78, 5) is 0. The number of benzene rings is 1. The summed E-state index contributed by atoms with van der Waals surface area (Å²) in [5.41, 5.74) is 0.904. The van der Waals surface area contributed by atoms with E-state index in [9.17, 15) is 4.39 Å². The highest BCUT2D eigenvalue weighted by Crippen LogP contribution is 2.22. The van der Waals surface area contributed by atoms with Crippen LogP contribution in [-0.2, 0) is 11.3 Å². The lowest BCUT2D eigenvalue weighted by atomic mass is 10.1. The Morgan fingerprint density at radius 3 is 2.47 bits per heavy atom. The summed E-state index contributed by atoms with van der Waals surface area (Å²) in [7, 11) is 0. The Morgan fingerprint density at radius 1 is 1.12 bits per heavy atom. The number of rotatable bonds is 3. The van der Waals surface area contributed by atoms with Crippen LogP contribution in [0.3, 0.4) is 0 Å². The van der Waals surface area contributed by atoms with Crippen LogP contribution in [0.4, 0.5) is 4.39 Å². The van der Waals surface area contributed by atoms with Crippen LogP contribution in [0.2, 0.25) is 0 Å². The van der Waals surface area contributed by atoms with Crippen molar-refractivity contribution in [1.82, 2.24) is 0 Å². The largest absolute Gasteiger partial charge is 0.374 e. The highest BCUT2D eigenvalue weighted by molar-refractivity contribution is 9.10. The van der Waals surface area contributed by atoms with Gasteiger partial charge in [-0.3, -0.25) is 0 Å². The van der Waals surface area contributed by atoms with E-state index in [2.05, 4.69) is 15.9 Å². The minimum absolute atomic E-state index is 0.209. The molecule has 0 aromatic heterocycles. The van der Waals surface area contributed by atoms with Gasteiger partial charge in [0.1, 0.15) is 5.82 Å². The average Bonchev–Trinajstić information content (AvgIpc) is 2.53. The second kappa shape index (κ2) is 6.50. The van der Waals surface area contributed by atoms with E-state index in [4.69, 9.17) is 4.74 Å². The van der Waals surface area contributed by atoms with Gasteiger partial charge in [0.25, 0.3) is 0 Å². The molecule has 1 aliphatic carbocycles. The summed E-state index contributed by atoms with van der Waals surface area (Å²) < 4.78 is 19.8. The molecule has 17 heavy (non-hydrogen) atoms. The minimum Gasteiger partial charge on any atom is -0.374 e. The Hall–Kier alpha value is -0.410. The molecule has 94 valence electrons. The predicted octanol–water partition coefficient (Wildman–Crippen LogP) is 4.83. The summed E-state index contributed by atoms with van der Waals surface area (Å²) in [6, 6.07) is 4.93. The lowest BCUT2D eigenvalue weighted by Gasteiger charge is -2.15. The van der Waals surface area contributed by atoms with Gasteiger partial charge in [0.2, 0.25) is 0 Å². The molecule has 0 N–H and O–H groups in total. The Kier molecular flexibility index (Phi) is 4.99. The fourth-order valence-electron chi connectivity index (χ4n) is 2.32. The molecular weight excluding hydrogens is 283 g/mol. The van der Waals surface area contributed by atoms with E-state index >= 15 is 0 Å². The first kappa shape index (κ1) is 13.0. The van der Waals surface area contributed by atoms with Crippen molar-refractivity contribution in [3.63, 3.8) is 0 Å². The lowest BCUT2D eigenvalue weighted by molar-refractivity contribution is 0.0308. The number of hydrogen-bond acceptors (Lipinski definition) is 1. The molecule has 0 aliphatic heterocycles. The fourth-order valence-corrected chi connectivity index (χ4v) is 2.83. The zero-order valence-electron chi connectivity index (χ0n) is 9.92. The van der Waals surface area contributed by atoms with Crippen molar-refractivity contribution in [1.29, 1.82) is 0 Å². The SMILES string of the molecule is Fc1cc(Br)cc(COC2CCCCCC2)c1. The zero-order chi connectivity index (χ0) is 12.1. The molecule has 0 unspecified atom stereocenters. The maximum absolute atomic E-state index is 13.2. The topological polar surface area (TPSA) is 9.23 Å². The van der Waals surface area contributed by atoms with E-state index in [1.54, 1.807) is 6.07 Å². The summed E-state index contributed by atoms with van der Waals surface area (Å²) in [5.74, 6) is -0.209. The summed E-state index contributed by atoms with van der Waals surface area (Å²) in [5, 5.41) is 0. The van der Waals surface area contributed by atoms with Crippen LogP contribution >= 0.6 is 15.9 Å². The van der Waals surface area contributed by atoms with Crippen molar-refractivity contribution in [3.8, 4) is 0 Å². The van der Waals surface area contributed by atoms with Gasteiger partial charge in [-0.25, -0.2) is 4.39 Å². The van der Waals surface area contributed by atoms with Gasteiger partial charge in [-0.05, 0) is 36.6 Å². The standard InChI is InChI=1S/C14H18BrFO/c15-12-7-11(8-13(16)9-12)10-17-14-5-3-1-2-4-6-14/h7-9,14H,1-6,10H2. The molecule has 0 spiro atoms. The second-order valence-corrected chi connectivity index (χ2v) is 5.62. The third-order valence-electron chi connectivity index (χ3n) is 3.21. The van der Waals surface area contributed by atoms with Gasteiger partial charge in [-0.15, -0.1) is 0 Å². The van der Waals surface area contributed by atoms with Crippen LogP contribution in [0.5, 0.6) is 0 Å². The van der Waals surface area contributed by atoms with Crippen LogP contribution in [-0.4, -0.2) is 6.10 Å². The first-order valence-electron chi connectivity index (χ1n) is 6.30. The first-order chi connectivity index (χ1) is 8.24. The Balaban J connectivity index is 1.87. The highest BCUT2D eigenvalue weighted by atomic mass is 79.9. The van der Waals surface area contributed by atoms with E-state index in [-0.39, 0.29) is 5.82 Å². The molecule has 2 rings (SSSR count). The Bertz CT molecular complexity index is 339. The van der Waals surface area contributed by atoms with Gasteiger partial charge in [0.05, 0.1) is 12.7 Å². The number of ether oxygens (including phenoxy) is 1. The third kappa shape index (κ3) is 4.40. The summed E-state index contributed by atoms with van der Waals surface area (Å²) in [6.07, 6.45) is 7.83. The molecule has 0 radical (unpaired) electrons. The molecule has 1 saturated carbocycles. The van der Waals surface area contributed by atoms with E-state index in [0.717, 1.165) is 22.9 Å². The van der Waals surface area contributed by atoms with Crippen LogP contribution in [0, 0.1) is 5.82 Å². The minimum atomic E-state index is -0.209. The fraction of sp³-hybridized carbons (Fsp3) is 0.571. The first-order valence-corrected chi connectivity index (χ1v) is 7.10. The van der Waals surface area contributed by atoms with E-state index in [1.807, 2.05) is 6.07 Å². The van der Waals surface area contributed by atoms with Crippen LogP contribution in [0.15, 0.2) is 22.7 Å². The second-order valence-electron chi connectivity index (χ2n) is 4.70. The zero-order valence-corrected chi connectivity index (χ0v) is 11.5. The molecule has 1 nitrogen and oxygen atoms in total. The van der Waals surface area contributed by atoms with Crippen LogP contribution in [0.25, 0.3) is 0 Å². The molecule has 1 aliphatic rings. The average molecular weight is 301 g/mol. The van der Waals surface area contributed by atoms with Gasteiger partial charge in [-0.1, -0.05) is 41.6 Å². The maximum atomic E-state index is 13.2. The third-order valence-corrected chi connectivity index (χ3v) is 3.67. The monoisotopic (exact) mass is 300 g/mol. The van der Waals surface area contributed by atoms with Gasteiger partial charge in [0.15, 0.2) is 0 Å². The molecule has 0 atom stereocenters. The number of halogens is 2. The molecule has 0 heterocycles. The van der Waals surface area contributed by atoms with Crippen molar-refractivity contribution in [2.75, 3.05) is 0 Å². The maximum Gasteiger partial charge on any atom is 0.124 e. The van der Waals surface area contributed by atoms with Gasteiger partial charge < -0.3 is 4.74 Å². The Morgan fingerprint density at radius 2 is 1.82 bits per heavy atom. The smallest absolute Gasteiger partial charge is 0.124 e. The summed E-state index contributed by atoms with van der Waals surface area (Å²) >= 11 is 3.30. The molecule has 1 aromatic rings. The molecule has 0 bridgehead atoms. The molecule has 0 amide bonds. The van der Waals surface area contributed by atoms with Crippen molar-refractivity contribution >= 4 is 15.9 Å². The van der Waals surface area contributed by atoms with Crippen LogP contribution < -0.4 is 0 Å². The van der Waals surface area contributed by atoms with Crippen molar-refractivity contribution in [2.24, 2.45) is 0 Å². The highest BCUT2D eigenvalue weighted by Gasteiger charge is 2.12. The number of hydrogen-bond donors (Lipinski definition) is 0. The van der Waals surface area contributed by atoms with Crippen LogP contribution in [0.1, 0.15) is 44.1 Å². The van der Waals surface area contributed by atoms with Gasteiger partial charge in [-0.2, -0.15) is 0 Å². The molecule has 1 fully saturated rings. The van der Waals surface area contributed by atoms with Gasteiger partial charge >= 0.3 is 0 Å². The van der Waals surface area contributed by atoms with Crippen molar-refractivity contribution < 1.29 is 9.13 Å². The van der Waals surface area contributed by atoms with E-state index < -0.39 is 0 Å². The molecular formula is C14H18BrFO.